The van der Waals surface area contributed by atoms with E-state index in [1.807, 2.05) is 19.0 Å². The third-order valence-corrected chi connectivity index (χ3v) is 3.50. The summed E-state index contributed by atoms with van der Waals surface area (Å²) in [6, 6.07) is 4.01. The van der Waals surface area contributed by atoms with E-state index in [2.05, 4.69) is 0 Å². The van der Waals surface area contributed by atoms with E-state index in [-0.39, 0.29) is 12.1 Å². The number of hydrogen-bond donors (Lipinski definition) is 1. The second-order valence-electron chi connectivity index (χ2n) is 5.07. The molecule has 1 aliphatic rings. The lowest BCUT2D eigenvalue weighted by molar-refractivity contribution is 0.120. The molecule has 0 amide bonds. The van der Waals surface area contributed by atoms with Crippen LogP contribution in [0.3, 0.4) is 0 Å². The van der Waals surface area contributed by atoms with Gasteiger partial charge in [-0.1, -0.05) is 6.07 Å². The Bertz CT molecular complexity index is 400. The number of rotatable bonds is 3. The van der Waals surface area contributed by atoms with Crippen molar-refractivity contribution in [3.63, 3.8) is 0 Å². The Kier molecular flexibility index (Phi) is 3.45. The Hall–Kier alpha value is -1.00. The first kappa shape index (κ1) is 12.5. The fourth-order valence-electron chi connectivity index (χ4n) is 2.66. The van der Waals surface area contributed by atoms with Crippen molar-refractivity contribution in [2.24, 2.45) is 11.7 Å². The van der Waals surface area contributed by atoms with Gasteiger partial charge < -0.3 is 10.6 Å². The smallest absolute Gasteiger partial charge is 0.130 e. The van der Waals surface area contributed by atoms with Crippen LogP contribution in [0.4, 0.5) is 8.78 Å². The molecule has 0 aliphatic heterocycles. The zero-order valence-corrected chi connectivity index (χ0v) is 10.2. The summed E-state index contributed by atoms with van der Waals surface area (Å²) in [5, 5.41) is 0. The molecule has 1 aliphatic carbocycles. The molecule has 2 nitrogen and oxygen atoms in total. The number of hydrogen-bond acceptors (Lipinski definition) is 2. The first-order valence-corrected chi connectivity index (χ1v) is 5.86. The van der Waals surface area contributed by atoms with E-state index in [1.54, 1.807) is 6.07 Å². The molecular weight excluding hydrogens is 222 g/mol. The van der Waals surface area contributed by atoms with Crippen molar-refractivity contribution < 1.29 is 8.78 Å². The molecule has 0 spiro atoms. The van der Waals surface area contributed by atoms with Gasteiger partial charge in [-0.15, -0.1) is 0 Å². The average Bonchev–Trinajstić information content (AvgIpc) is 2.18. The van der Waals surface area contributed by atoms with Gasteiger partial charge in [0.1, 0.15) is 11.6 Å². The maximum atomic E-state index is 13.8. The quantitative estimate of drug-likeness (QED) is 0.878. The molecule has 0 aromatic heterocycles. The highest BCUT2D eigenvalue weighted by molar-refractivity contribution is 5.23. The van der Waals surface area contributed by atoms with Gasteiger partial charge in [-0.3, -0.25) is 0 Å². The lowest BCUT2D eigenvalue weighted by atomic mass is 9.73. The summed E-state index contributed by atoms with van der Waals surface area (Å²) in [5.41, 5.74) is 6.34. The largest absolute Gasteiger partial charge is 0.328 e. The van der Waals surface area contributed by atoms with Gasteiger partial charge in [-0.05, 0) is 38.9 Å². The van der Waals surface area contributed by atoms with Crippen LogP contribution in [0.5, 0.6) is 0 Å². The molecular formula is C13H18F2N2. The summed E-state index contributed by atoms with van der Waals surface area (Å²) >= 11 is 0. The first-order valence-electron chi connectivity index (χ1n) is 5.86. The van der Waals surface area contributed by atoms with Gasteiger partial charge >= 0.3 is 0 Å². The predicted molar refractivity (Wildman–Crippen MR) is 63.5 cm³/mol. The Labute approximate surface area is 100 Å². The Morgan fingerprint density at radius 2 is 1.94 bits per heavy atom. The van der Waals surface area contributed by atoms with E-state index in [0.717, 1.165) is 18.9 Å². The Morgan fingerprint density at radius 3 is 2.41 bits per heavy atom. The van der Waals surface area contributed by atoms with Gasteiger partial charge in [0.15, 0.2) is 0 Å². The summed E-state index contributed by atoms with van der Waals surface area (Å²) in [4.78, 5) is 1.98. The molecule has 1 atom stereocenters. The molecule has 94 valence electrons. The molecule has 2 rings (SSSR count). The third-order valence-electron chi connectivity index (χ3n) is 3.50. The van der Waals surface area contributed by atoms with E-state index in [4.69, 9.17) is 5.73 Å². The van der Waals surface area contributed by atoms with Gasteiger partial charge in [0, 0.05) is 23.7 Å². The highest BCUT2D eigenvalue weighted by Gasteiger charge is 2.36. The second-order valence-corrected chi connectivity index (χ2v) is 5.07. The van der Waals surface area contributed by atoms with Crippen LogP contribution in [0.25, 0.3) is 0 Å². The first-order chi connectivity index (χ1) is 7.99. The molecule has 1 fully saturated rings. The van der Waals surface area contributed by atoms with Crippen LogP contribution in [0.15, 0.2) is 18.2 Å². The maximum Gasteiger partial charge on any atom is 0.130 e. The molecule has 0 radical (unpaired) electrons. The molecule has 1 aromatic carbocycles. The van der Waals surface area contributed by atoms with Crippen LogP contribution in [0.2, 0.25) is 0 Å². The number of nitrogens with zero attached hydrogens (tertiary/aromatic N) is 1. The van der Waals surface area contributed by atoms with Crippen molar-refractivity contribution in [3.8, 4) is 0 Å². The van der Waals surface area contributed by atoms with Gasteiger partial charge in [-0.2, -0.15) is 0 Å². The van der Waals surface area contributed by atoms with Crippen molar-refractivity contribution in [2.75, 3.05) is 14.1 Å². The normalized spacial score (nSPS) is 25.8. The summed E-state index contributed by atoms with van der Waals surface area (Å²) < 4.78 is 26.7. The molecule has 0 saturated heterocycles. The number of benzene rings is 1. The van der Waals surface area contributed by atoms with Crippen molar-refractivity contribution in [2.45, 2.75) is 24.9 Å². The van der Waals surface area contributed by atoms with E-state index in [9.17, 15) is 8.78 Å². The zero-order chi connectivity index (χ0) is 12.6. The van der Waals surface area contributed by atoms with E-state index < -0.39 is 11.6 Å². The van der Waals surface area contributed by atoms with Gasteiger partial charge in [0.2, 0.25) is 0 Å². The zero-order valence-electron chi connectivity index (χ0n) is 10.2. The Balaban J connectivity index is 2.26. The molecule has 17 heavy (non-hydrogen) atoms. The Morgan fingerprint density at radius 1 is 1.29 bits per heavy atom. The third kappa shape index (κ3) is 2.48. The highest BCUT2D eigenvalue weighted by atomic mass is 19.1. The van der Waals surface area contributed by atoms with Crippen LogP contribution in [-0.4, -0.2) is 25.0 Å². The fourth-order valence-corrected chi connectivity index (χ4v) is 2.66. The summed E-state index contributed by atoms with van der Waals surface area (Å²) in [7, 11) is 3.83. The van der Waals surface area contributed by atoms with Crippen molar-refractivity contribution in [3.05, 3.63) is 35.4 Å². The molecule has 1 aromatic rings. The molecule has 0 heterocycles. The molecule has 1 unspecified atom stereocenters. The molecule has 4 heteroatoms. The minimum Gasteiger partial charge on any atom is -0.328 e. The van der Waals surface area contributed by atoms with Gasteiger partial charge in [0.05, 0.1) is 0 Å². The van der Waals surface area contributed by atoms with Crippen molar-refractivity contribution >= 4 is 0 Å². The lowest BCUT2D eigenvalue weighted by Gasteiger charge is -2.41. The summed E-state index contributed by atoms with van der Waals surface area (Å²) in [6.07, 6.45) is 1.80. The van der Waals surface area contributed by atoms with Crippen molar-refractivity contribution in [1.82, 2.24) is 4.90 Å². The minimum atomic E-state index is -0.533. The number of halogens is 2. The van der Waals surface area contributed by atoms with Crippen molar-refractivity contribution in [1.29, 1.82) is 0 Å². The van der Waals surface area contributed by atoms with Crippen LogP contribution in [-0.2, 0) is 0 Å². The van der Waals surface area contributed by atoms with Crippen LogP contribution < -0.4 is 5.73 Å². The predicted octanol–water partition coefficient (Wildman–Crippen LogP) is 2.30. The molecule has 1 saturated carbocycles. The van der Waals surface area contributed by atoms with Crippen LogP contribution in [0, 0.1) is 17.6 Å². The van der Waals surface area contributed by atoms with E-state index in [1.165, 1.54) is 6.07 Å². The topological polar surface area (TPSA) is 29.3 Å². The maximum absolute atomic E-state index is 13.8. The standard InChI is InChI=1S/C13H18F2N2/c1-17(2)13(8-5-10(16)6-8)11-4-3-9(14)7-12(11)15/h3-4,7-8,10,13H,5-6,16H2,1-2H3. The van der Waals surface area contributed by atoms with Gasteiger partial charge in [0.25, 0.3) is 0 Å². The summed E-state index contributed by atoms with van der Waals surface area (Å²) in [6.45, 7) is 0. The number of nitrogens with two attached hydrogens (primary N) is 1. The summed E-state index contributed by atoms with van der Waals surface area (Å²) in [5.74, 6) is -0.641. The SMILES string of the molecule is CN(C)C(c1ccc(F)cc1F)C1CC(N)C1. The molecule has 2 N–H and O–H groups in total. The highest BCUT2D eigenvalue weighted by Crippen LogP contribution is 2.40. The fraction of sp³-hybridized carbons (Fsp3) is 0.538. The van der Waals surface area contributed by atoms with Crippen LogP contribution >= 0.6 is 0 Å². The second kappa shape index (κ2) is 4.70. The molecule has 0 bridgehead atoms. The van der Waals surface area contributed by atoms with Gasteiger partial charge in [-0.25, -0.2) is 8.78 Å². The average molecular weight is 240 g/mol. The minimum absolute atomic E-state index is 0.0181. The van der Waals surface area contributed by atoms with E-state index in [0.29, 0.717) is 11.5 Å². The van der Waals surface area contributed by atoms with E-state index >= 15 is 0 Å². The lowest BCUT2D eigenvalue weighted by Crippen LogP contribution is -2.43. The van der Waals surface area contributed by atoms with Crippen LogP contribution in [0.1, 0.15) is 24.4 Å². The monoisotopic (exact) mass is 240 g/mol.